The Morgan fingerprint density at radius 3 is 2.70 bits per heavy atom. The lowest BCUT2D eigenvalue weighted by atomic mass is 10.1. The molecule has 0 radical (unpaired) electrons. The van der Waals surface area contributed by atoms with Crippen molar-refractivity contribution in [2.24, 2.45) is 7.05 Å². The van der Waals surface area contributed by atoms with E-state index in [2.05, 4.69) is 21.9 Å². The second-order valence-corrected chi connectivity index (χ2v) is 6.63. The van der Waals surface area contributed by atoms with E-state index < -0.39 is 0 Å². The molecular weight excluding hydrogens is 314 g/mol. The molecular formula is C16H18ClN5O. The van der Waals surface area contributed by atoms with E-state index in [0.717, 1.165) is 42.5 Å². The zero-order chi connectivity index (χ0) is 16.1. The fraction of sp³-hybridized carbons (Fsp3) is 0.438. The summed E-state index contributed by atoms with van der Waals surface area (Å²) in [5, 5.41) is 0.415. The van der Waals surface area contributed by atoms with Gasteiger partial charge in [0.15, 0.2) is 0 Å². The summed E-state index contributed by atoms with van der Waals surface area (Å²) in [5.41, 5.74) is 3.10. The highest BCUT2D eigenvalue weighted by Gasteiger charge is 2.25. The summed E-state index contributed by atoms with van der Waals surface area (Å²) < 4.78 is 3.55. The van der Waals surface area contributed by atoms with Crippen molar-refractivity contribution in [3.8, 4) is 0 Å². The van der Waals surface area contributed by atoms with Crippen LogP contribution >= 0.6 is 11.6 Å². The molecule has 0 spiro atoms. The summed E-state index contributed by atoms with van der Waals surface area (Å²) >= 11 is 6.08. The minimum absolute atomic E-state index is 0.00868. The molecule has 1 saturated heterocycles. The van der Waals surface area contributed by atoms with Crippen LogP contribution in [-0.2, 0) is 7.05 Å². The zero-order valence-electron chi connectivity index (χ0n) is 13.2. The summed E-state index contributed by atoms with van der Waals surface area (Å²) in [7, 11) is 3.90. The van der Waals surface area contributed by atoms with Crippen molar-refractivity contribution in [1.29, 1.82) is 0 Å². The Kier molecular flexibility index (Phi) is 3.39. The fourth-order valence-corrected chi connectivity index (χ4v) is 3.60. The molecule has 0 amide bonds. The number of hydrogen-bond acceptors (Lipinski definition) is 4. The number of likely N-dealkylation sites (tertiary alicyclic amines) is 1. The summed E-state index contributed by atoms with van der Waals surface area (Å²) in [5.74, 6) is 0. The molecule has 3 aromatic rings. The van der Waals surface area contributed by atoms with Crippen LogP contribution < -0.4 is 5.69 Å². The lowest BCUT2D eigenvalue weighted by Crippen LogP contribution is -2.35. The number of fused-ring (bicyclic) bond motifs is 3. The maximum atomic E-state index is 12.8. The Bertz CT molecular complexity index is 952. The van der Waals surface area contributed by atoms with Crippen LogP contribution in [0.25, 0.3) is 22.1 Å². The number of pyridine rings is 2. The van der Waals surface area contributed by atoms with Crippen LogP contribution in [0.3, 0.4) is 0 Å². The van der Waals surface area contributed by atoms with Crippen molar-refractivity contribution < 1.29 is 0 Å². The zero-order valence-corrected chi connectivity index (χ0v) is 13.9. The highest BCUT2D eigenvalue weighted by molar-refractivity contribution is 6.30. The van der Waals surface area contributed by atoms with Gasteiger partial charge in [-0.15, -0.1) is 0 Å². The first kappa shape index (κ1) is 14.7. The maximum absolute atomic E-state index is 12.8. The number of piperidine rings is 1. The van der Waals surface area contributed by atoms with Crippen molar-refractivity contribution in [2.45, 2.75) is 18.9 Å². The topological polar surface area (TPSA) is 56.0 Å². The number of aromatic nitrogens is 4. The molecule has 1 fully saturated rings. The summed E-state index contributed by atoms with van der Waals surface area (Å²) in [6, 6.07) is 3.76. The van der Waals surface area contributed by atoms with Gasteiger partial charge in [0.25, 0.3) is 0 Å². The minimum Gasteiger partial charge on any atom is -0.306 e. The number of aryl methyl sites for hydroxylation is 1. The maximum Gasteiger partial charge on any atom is 0.329 e. The van der Waals surface area contributed by atoms with E-state index in [4.69, 9.17) is 11.6 Å². The average molecular weight is 332 g/mol. The van der Waals surface area contributed by atoms with Crippen LogP contribution in [0, 0.1) is 0 Å². The Labute approximate surface area is 138 Å². The Hall–Kier alpha value is -1.92. The standard InChI is InChI=1S/C16H18ClN5O/c1-20-7-5-10(6-8-20)22-15-12(21(2)16(22)23)9-18-11-3-4-13(17)19-14(11)15/h3-4,9-10H,5-8H2,1-2H3. The molecule has 0 aliphatic carbocycles. The first-order chi connectivity index (χ1) is 11.1. The third kappa shape index (κ3) is 2.24. The number of halogens is 1. The van der Waals surface area contributed by atoms with Crippen LogP contribution in [-0.4, -0.2) is 44.1 Å². The van der Waals surface area contributed by atoms with E-state index in [1.54, 1.807) is 23.9 Å². The molecule has 23 heavy (non-hydrogen) atoms. The van der Waals surface area contributed by atoms with Crippen molar-refractivity contribution >= 4 is 33.7 Å². The molecule has 0 saturated carbocycles. The van der Waals surface area contributed by atoms with Gasteiger partial charge in [0.05, 0.1) is 22.7 Å². The molecule has 1 aliphatic heterocycles. The Morgan fingerprint density at radius 1 is 1.22 bits per heavy atom. The van der Waals surface area contributed by atoms with Crippen LogP contribution in [0.4, 0.5) is 0 Å². The lowest BCUT2D eigenvalue weighted by molar-refractivity contribution is 0.221. The average Bonchev–Trinajstić information content (AvgIpc) is 2.80. The smallest absolute Gasteiger partial charge is 0.306 e. The number of hydrogen-bond donors (Lipinski definition) is 0. The first-order valence-electron chi connectivity index (χ1n) is 7.77. The van der Waals surface area contributed by atoms with Gasteiger partial charge in [-0.05, 0) is 45.1 Å². The molecule has 120 valence electrons. The van der Waals surface area contributed by atoms with E-state index in [1.165, 1.54) is 0 Å². The van der Waals surface area contributed by atoms with E-state index in [-0.39, 0.29) is 11.7 Å². The monoisotopic (exact) mass is 331 g/mol. The van der Waals surface area contributed by atoms with Crippen LogP contribution in [0.15, 0.2) is 23.1 Å². The third-order valence-corrected chi connectivity index (χ3v) is 4.99. The Balaban J connectivity index is 2.04. The Morgan fingerprint density at radius 2 is 1.96 bits per heavy atom. The molecule has 1 aliphatic rings. The largest absolute Gasteiger partial charge is 0.329 e. The van der Waals surface area contributed by atoms with Gasteiger partial charge in [0.1, 0.15) is 10.7 Å². The molecule has 0 unspecified atom stereocenters. The molecule has 6 nitrogen and oxygen atoms in total. The van der Waals surface area contributed by atoms with Gasteiger partial charge < -0.3 is 4.90 Å². The summed E-state index contributed by atoms with van der Waals surface area (Å²) in [6.07, 6.45) is 3.67. The van der Waals surface area contributed by atoms with Gasteiger partial charge in [-0.1, -0.05) is 11.6 Å². The first-order valence-corrected chi connectivity index (χ1v) is 8.15. The molecule has 0 N–H and O–H groups in total. The predicted octanol–water partition coefficient (Wildman–Crippen LogP) is 2.20. The highest BCUT2D eigenvalue weighted by atomic mass is 35.5. The molecule has 0 atom stereocenters. The molecule has 3 aromatic heterocycles. The third-order valence-electron chi connectivity index (χ3n) is 4.78. The number of imidazole rings is 1. The van der Waals surface area contributed by atoms with Gasteiger partial charge in [-0.2, -0.15) is 0 Å². The normalized spacial score (nSPS) is 17.3. The number of rotatable bonds is 1. The van der Waals surface area contributed by atoms with Crippen molar-refractivity contribution in [1.82, 2.24) is 24.0 Å². The van der Waals surface area contributed by atoms with Crippen LogP contribution in [0.5, 0.6) is 0 Å². The van der Waals surface area contributed by atoms with Crippen molar-refractivity contribution in [3.63, 3.8) is 0 Å². The molecule has 4 rings (SSSR count). The summed E-state index contributed by atoms with van der Waals surface area (Å²) in [4.78, 5) is 24.0. The second-order valence-electron chi connectivity index (χ2n) is 6.24. The molecule has 0 bridgehead atoms. The van der Waals surface area contributed by atoms with Crippen LogP contribution in [0.2, 0.25) is 5.15 Å². The van der Waals surface area contributed by atoms with Gasteiger partial charge >= 0.3 is 5.69 Å². The highest BCUT2D eigenvalue weighted by Crippen LogP contribution is 2.28. The van der Waals surface area contributed by atoms with Gasteiger partial charge in [-0.25, -0.2) is 9.78 Å². The molecule has 7 heteroatoms. The van der Waals surface area contributed by atoms with E-state index in [0.29, 0.717) is 10.7 Å². The van der Waals surface area contributed by atoms with Crippen molar-refractivity contribution in [2.75, 3.05) is 20.1 Å². The lowest BCUT2D eigenvalue weighted by Gasteiger charge is -2.29. The van der Waals surface area contributed by atoms with Gasteiger partial charge in [0.2, 0.25) is 0 Å². The molecule has 4 heterocycles. The molecule has 0 aromatic carbocycles. The van der Waals surface area contributed by atoms with Gasteiger partial charge in [-0.3, -0.25) is 14.1 Å². The van der Waals surface area contributed by atoms with E-state index >= 15 is 0 Å². The number of nitrogens with zero attached hydrogens (tertiary/aromatic N) is 5. The minimum atomic E-state index is -0.00868. The quantitative estimate of drug-likeness (QED) is 0.641. The van der Waals surface area contributed by atoms with Crippen molar-refractivity contribution in [3.05, 3.63) is 34.0 Å². The second kappa shape index (κ2) is 5.32. The SMILES string of the molecule is CN1CCC(n2c(=O)n(C)c3cnc4ccc(Cl)nc4c32)CC1. The summed E-state index contributed by atoms with van der Waals surface area (Å²) in [6.45, 7) is 1.98. The van der Waals surface area contributed by atoms with E-state index in [1.807, 2.05) is 10.6 Å². The van der Waals surface area contributed by atoms with E-state index in [9.17, 15) is 4.79 Å². The van der Waals surface area contributed by atoms with Gasteiger partial charge in [0, 0.05) is 13.1 Å². The predicted molar refractivity (Wildman–Crippen MR) is 91.1 cm³/mol. The fourth-order valence-electron chi connectivity index (χ4n) is 3.45. The van der Waals surface area contributed by atoms with Crippen LogP contribution in [0.1, 0.15) is 18.9 Å².